The van der Waals surface area contributed by atoms with Crippen molar-refractivity contribution in [1.29, 1.82) is 0 Å². The van der Waals surface area contributed by atoms with Crippen LogP contribution in [0.1, 0.15) is 18.5 Å². The highest BCUT2D eigenvalue weighted by atomic mass is 35.5. The van der Waals surface area contributed by atoms with Crippen LogP contribution in [0.2, 0.25) is 5.15 Å². The Bertz CT molecular complexity index is 1260. The molecule has 4 rings (SSSR count). The summed E-state index contributed by atoms with van der Waals surface area (Å²) in [6.07, 6.45) is 2.81. The van der Waals surface area contributed by atoms with E-state index in [9.17, 15) is 5.11 Å². The first-order valence-corrected chi connectivity index (χ1v) is 8.93. The van der Waals surface area contributed by atoms with Crippen molar-refractivity contribution in [2.75, 3.05) is 11.1 Å². The fraction of sp³-hybridized carbons (Fsp3) is 0.105. The molecule has 0 radical (unpaired) electrons. The lowest BCUT2D eigenvalue weighted by Gasteiger charge is -2.19. The van der Waals surface area contributed by atoms with Gasteiger partial charge in [-0.3, -0.25) is 0 Å². The average Bonchev–Trinajstić information content (AvgIpc) is 3.07. The minimum atomic E-state index is -0.324. The summed E-state index contributed by atoms with van der Waals surface area (Å²) < 4.78 is 1.52. The van der Waals surface area contributed by atoms with Crippen molar-refractivity contribution in [3.05, 3.63) is 65.0 Å². The zero-order chi connectivity index (χ0) is 20.5. The number of fused-ring (bicyclic) bond motifs is 1. The molecular formula is C19H15ClN8O. The largest absolute Gasteiger partial charge is 0.508 e. The first-order valence-electron chi connectivity index (χ1n) is 8.56. The van der Waals surface area contributed by atoms with Crippen LogP contribution in [0.25, 0.3) is 21.7 Å². The smallest absolute Gasteiger partial charge is 0.268 e. The maximum absolute atomic E-state index is 9.91. The van der Waals surface area contributed by atoms with Gasteiger partial charge in [0.1, 0.15) is 23.7 Å². The van der Waals surface area contributed by atoms with E-state index in [4.69, 9.17) is 23.9 Å². The topological polar surface area (TPSA) is 119 Å². The van der Waals surface area contributed by atoms with E-state index in [1.165, 1.54) is 17.0 Å². The zero-order valence-electron chi connectivity index (χ0n) is 15.2. The number of nitrogens with zero attached hydrogens (tertiary/aromatic N) is 6. The number of aromatic hydroxyl groups is 1. The highest BCUT2D eigenvalue weighted by Gasteiger charge is 2.19. The Morgan fingerprint density at radius 3 is 2.86 bits per heavy atom. The number of halogens is 1. The number of nitrogens with one attached hydrogen (secondary N) is 1. The van der Waals surface area contributed by atoms with Gasteiger partial charge < -0.3 is 16.2 Å². The Balaban J connectivity index is 1.85. The van der Waals surface area contributed by atoms with Crippen molar-refractivity contribution in [1.82, 2.24) is 24.6 Å². The third-order valence-electron chi connectivity index (χ3n) is 4.38. The molecule has 10 heteroatoms. The summed E-state index contributed by atoms with van der Waals surface area (Å²) in [4.78, 5) is 15.7. The molecule has 29 heavy (non-hydrogen) atoms. The normalized spacial score (nSPS) is 11.9. The van der Waals surface area contributed by atoms with Crippen molar-refractivity contribution >= 4 is 34.6 Å². The highest BCUT2D eigenvalue weighted by molar-refractivity contribution is 6.29. The predicted octanol–water partition coefficient (Wildman–Crippen LogP) is 3.85. The van der Waals surface area contributed by atoms with Gasteiger partial charge in [-0.25, -0.2) is 24.3 Å². The molecule has 0 aliphatic carbocycles. The van der Waals surface area contributed by atoms with Crippen LogP contribution in [-0.4, -0.2) is 29.7 Å². The lowest BCUT2D eigenvalue weighted by atomic mass is 10.0. The summed E-state index contributed by atoms with van der Waals surface area (Å²) in [6.45, 7) is 9.24. The molecule has 3 heterocycles. The van der Waals surface area contributed by atoms with E-state index in [1.54, 1.807) is 18.2 Å². The average molecular weight is 407 g/mol. The van der Waals surface area contributed by atoms with Gasteiger partial charge in [-0.05, 0) is 25.1 Å². The van der Waals surface area contributed by atoms with Crippen LogP contribution in [0.3, 0.4) is 0 Å². The van der Waals surface area contributed by atoms with Crippen molar-refractivity contribution in [3.63, 3.8) is 0 Å². The molecule has 4 aromatic rings. The van der Waals surface area contributed by atoms with Crippen molar-refractivity contribution in [2.45, 2.75) is 13.0 Å². The molecule has 144 valence electrons. The second-order valence-corrected chi connectivity index (χ2v) is 6.67. The number of anilines is 2. The van der Waals surface area contributed by atoms with Gasteiger partial charge in [0.2, 0.25) is 0 Å². The summed E-state index contributed by atoms with van der Waals surface area (Å²) in [5.41, 5.74) is 8.58. The van der Waals surface area contributed by atoms with Crippen molar-refractivity contribution in [2.24, 2.45) is 0 Å². The van der Waals surface area contributed by atoms with Gasteiger partial charge in [-0.2, -0.15) is 5.10 Å². The lowest BCUT2D eigenvalue weighted by molar-refractivity contribution is 0.475. The second kappa shape index (κ2) is 7.26. The van der Waals surface area contributed by atoms with Crippen LogP contribution in [-0.2, 0) is 0 Å². The van der Waals surface area contributed by atoms with E-state index in [-0.39, 0.29) is 23.3 Å². The van der Waals surface area contributed by atoms with Crippen molar-refractivity contribution < 1.29 is 5.11 Å². The SMILES string of the molecule is [C-]#[N+]c1c(N)ncnc1N[C@@H](C)c1cc2ncc(Cl)n2nc1-c1cccc(O)c1. The first kappa shape index (κ1) is 18.5. The maximum atomic E-state index is 9.91. The Morgan fingerprint density at radius 1 is 1.28 bits per heavy atom. The standard InChI is InChI=1S/C19H15ClN8O/c1-10(26-19-17(22-2)18(21)24-9-25-19)13-7-15-23-8-14(20)28(15)27-16(13)11-4-3-5-12(29)6-11/h3-10,29H,1H3,(H3,21,24,25,26)/t10-/m0/s1. The molecule has 4 N–H and O–H groups in total. The number of nitrogen functional groups attached to an aromatic ring is 1. The number of phenolic OH excluding ortho intramolecular Hbond substituents is 1. The summed E-state index contributed by atoms with van der Waals surface area (Å²) >= 11 is 6.19. The van der Waals surface area contributed by atoms with E-state index >= 15 is 0 Å². The van der Waals surface area contributed by atoms with Crippen LogP contribution < -0.4 is 11.1 Å². The van der Waals surface area contributed by atoms with Gasteiger partial charge in [0.25, 0.3) is 5.69 Å². The van der Waals surface area contributed by atoms with Crippen LogP contribution in [0.15, 0.2) is 42.9 Å². The van der Waals surface area contributed by atoms with Gasteiger partial charge in [0.05, 0.1) is 24.5 Å². The van der Waals surface area contributed by atoms with Gasteiger partial charge in [-0.15, -0.1) is 0 Å². The van der Waals surface area contributed by atoms with E-state index in [2.05, 4.69) is 30.2 Å². The number of rotatable bonds is 4. The molecule has 1 aromatic carbocycles. The fourth-order valence-corrected chi connectivity index (χ4v) is 3.17. The number of hydrogen-bond acceptors (Lipinski definition) is 7. The number of phenols is 1. The molecule has 0 aliphatic rings. The van der Waals surface area contributed by atoms with Gasteiger partial charge in [0.15, 0.2) is 10.8 Å². The van der Waals surface area contributed by atoms with Gasteiger partial charge in [-0.1, -0.05) is 23.7 Å². The van der Waals surface area contributed by atoms with Crippen LogP contribution >= 0.6 is 11.6 Å². The molecule has 9 nitrogen and oxygen atoms in total. The van der Waals surface area contributed by atoms with E-state index < -0.39 is 0 Å². The minimum Gasteiger partial charge on any atom is -0.508 e. The Morgan fingerprint density at radius 2 is 2.10 bits per heavy atom. The van der Waals surface area contributed by atoms with Crippen LogP contribution in [0.5, 0.6) is 5.75 Å². The number of benzene rings is 1. The molecule has 0 aliphatic heterocycles. The monoisotopic (exact) mass is 406 g/mol. The predicted molar refractivity (Wildman–Crippen MR) is 110 cm³/mol. The fourth-order valence-electron chi connectivity index (χ4n) is 3.00. The second-order valence-electron chi connectivity index (χ2n) is 6.28. The van der Waals surface area contributed by atoms with Gasteiger partial charge >= 0.3 is 0 Å². The Kier molecular flexibility index (Phi) is 4.62. The van der Waals surface area contributed by atoms with E-state index in [0.29, 0.717) is 27.9 Å². The Labute approximate surface area is 170 Å². The molecule has 0 spiro atoms. The first-order chi connectivity index (χ1) is 14.0. The van der Waals surface area contributed by atoms with Gasteiger partial charge in [0, 0.05) is 11.1 Å². The molecule has 0 unspecified atom stereocenters. The third-order valence-corrected chi connectivity index (χ3v) is 4.64. The highest BCUT2D eigenvalue weighted by Crippen LogP contribution is 2.34. The molecule has 0 amide bonds. The molecular weight excluding hydrogens is 392 g/mol. The van der Waals surface area contributed by atoms with Crippen LogP contribution in [0.4, 0.5) is 17.3 Å². The maximum Gasteiger partial charge on any atom is 0.268 e. The zero-order valence-corrected chi connectivity index (χ0v) is 16.0. The Hall–Kier alpha value is -3.90. The summed E-state index contributed by atoms with van der Waals surface area (Å²) in [6, 6.07) is 8.29. The van der Waals surface area contributed by atoms with E-state index in [1.807, 2.05) is 19.1 Å². The summed E-state index contributed by atoms with van der Waals surface area (Å²) in [5.74, 6) is 0.543. The molecule has 0 fully saturated rings. The molecule has 0 saturated carbocycles. The van der Waals surface area contributed by atoms with E-state index in [0.717, 1.165) is 5.56 Å². The summed E-state index contributed by atoms with van der Waals surface area (Å²) in [5, 5.41) is 18.1. The van der Waals surface area contributed by atoms with Crippen LogP contribution in [0, 0.1) is 6.57 Å². The minimum absolute atomic E-state index is 0.103. The molecule has 0 saturated heterocycles. The number of aromatic nitrogens is 5. The number of imidazole rings is 1. The molecule has 1 atom stereocenters. The molecule has 3 aromatic heterocycles. The third kappa shape index (κ3) is 3.37. The summed E-state index contributed by atoms with van der Waals surface area (Å²) in [7, 11) is 0. The number of nitrogens with two attached hydrogens (primary N) is 1. The quantitative estimate of drug-likeness (QED) is 0.440. The molecule has 0 bridgehead atoms. The number of hydrogen-bond donors (Lipinski definition) is 3. The lowest BCUT2D eigenvalue weighted by Crippen LogP contribution is -2.12. The van der Waals surface area contributed by atoms with Crippen molar-refractivity contribution in [3.8, 4) is 17.0 Å².